The molecule has 4 aromatic rings. The van der Waals surface area contributed by atoms with Gasteiger partial charge in [0.2, 0.25) is 0 Å². The van der Waals surface area contributed by atoms with E-state index in [-0.39, 0.29) is 17.1 Å². The second kappa shape index (κ2) is 12.4. The van der Waals surface area contributed by atoms with E-state index in [4.69, 9.17) is 0 Å². The van der Waals surface area contributed by atoms with Crippen molar-refractivity contribution in [2.24, 2.45) is 10.4 Å². The fourth-order valence-corrected chi connectivity index (χ4v) is 6.06. The van der Waals surface area contributed by atoms with Gasteiger partial charge in [-0.1, -0.05) is 0 Å². The van der Waals surface area contributed by atoms with E-state index in [0.717, 1.165) is 0 Å². The minimum Gasteiger partial charge on any atom is -0.744 e. The Balaban J connectivity index is 0.000000307. The molecule has 0 saturated heterocycles. The normalized spacial score (nSPS) is 12.2. The van der Waals surface area contributed by atoms with E-state index < -0.39 is 116 Å². The summed E-state index contributed by atoms with van der Waals surface area (Å²) < 4.78 is 132. The molecule has 0 heterocycles. The third-order valence-corrected chi connectivity index (χ3v) is 8.83. The molecule has 25 heteroatoms. The number of rotatable bonds is 6. The van der Waals surface area contributed by atoms with Crippen molar-refractivity contribution >= 4 is 73.4 Å². The third kappa shape index (κ3) is 7.44. The molecule has 0 aliphatic carbocycles. The smallest absolute Gasteiger partial charge is 0.167 e. The molecule has 0 saturated carbocycles. The SMILES string of the molecule is O=Nc1c(S(=O)(=O)[O-])cc2cc(S(=O)(=O)[O-])cc(O)c2c1O.O=Nc1c(S(=O)(=O)[O-])cc2cc(S(=O)(=O)[O-])cc(O)c2c1O.[Cu]. The van der Waals surface area contributed by atoms with E-state index in [0.29, 0.717) is 36.4 Å². The van der Waals surface area contributed by atoms with Gasteiger partial charge in [0.05, 0.1) is 30.4 Å². The predicted octanol–water partition coefficient (Wildman–Crippen LogP) is 0.912. The van der Waals surface area contributed by atoms with Gasteiger partial charge in [-0.2, -0.15) is 0 Å². The average molecular weight is 758 g/mol. The van der Waals surface area contributed by atoms with Crippen molar-refractivity contribution in [3.63, 3.8) is 0 Å². The van der Waals surface area contributed by atoms with Gasteiger partial charge in [0.15, 0.2) is 22.9 Å². The zero-order chi connectivity index (χ0) is 33.7. The molecule has 0 fully saturated rings. The first-order valence-corrected chi connectivity index (χ1v) is 16.1. The van der Waals surface area contributed by atoms with Crippen molar-refractivity contribution in [1.82, 2.24) is 0 Å². The van der Waals surface area contributed by atoms with Crippen LogP contribution in [0.5, 0.6) is 23.0 Å². The molecule has 4 N–H and O–H groups in total. The van der Waals surface area contributed by atoms with Gasteiger partial charge in [0, 0.05) is 17.1 Å². The minimum atomic E-state index is -5.23. The Kier molecular flexibility index (Phi) is 10.2. The van der Waals surface area contributed by atoms with Crippen LogP contribution in [0.1, 0.15) is 0 Å². The summed E-state index contributed by atoms with van der Waals surface area (Å²) in [5.74, 6) is -4.09. The van der Waals surface area contributed by atoms with Crippen molar-refractivity contribution in [1.29, 1.82) is 0 Å². The molecule has 4 rings (SSSR count). The summed E-state index contributed by atoms with van der Waals surface area (Å²) in [4.78, 5) is 17.0. The van der Waals surface area contributed by atoms with Crippen molar-refractivity contribution in [2.75, 3.05) is 0 Å². The van der Waals surface area contributed by atoms with Crippen molar-refractivity contribution in [3.8, 4) is 23.0 Å². The first-order valence-electron chi connectivity index (χ1n) is 10.5. The van der Waals surface area contributed by atoms with Crippen LogP contribution in [0.15, 0.2) is 66.3 Å². The second-order valence-electron chi connectivity index (χ2n) is 8.22. The molecule has 0 unspecified atom stereocenters. The van der Waals surface area contributed by atoms with Gasteiger partial charge in [0.1, 0.15) is 52.0 Å². The number of hydrogen-bond donors (Lipinski definition) is 4. The first kappa shape index (κ1) is 37.1. The molecular weight excluding hydrogens is 748 g/mol. The molecule has 0 bridgehead atoms. The third-order valence-electron chi connectivity index (χ3n) is 5.50. The number of nitroso groups, excluding NO2 is 2. The largest absolute Gasteiger partial charge is 0.744 e. The quantitative estimate of drug-likeness (QED) is 0.121. The Morgan fingerprint density at radius 2 is 0.778 bits per heavy atom. The van der Waals surface area contributed by atoms with Crippen LogP contribution in [0.25, 0.3) is 21.5 Å². The van der Waals surface area contributed by atoms with Gasteiger partial charge in [-0.3, -0.25) is 0 Å². The molecule has 247 valence electrons. The number of phenols is 4. The van der Waals surface area contributed by atoms with E-state index >= 15 is 0 Å². The summed E-state index contributed by atoms with van der Waals surface area (Å²) >= 11 is 0. The molecule has 0 aliphatic heterocycles. The number of benzene rings is 4. The number of fused-ring (bicyclic) bond motifs is 2. The van der Waals surface area contributed by atoms with Crippen LogP contribution in [0.2, 0.25) is 0 Å². The molecule has 0 spiro atoms. The van der Waals surface area contributed by atoms with Crippen molar-refractivity contribution < 1.29 is 89.4 Å². The Hall–Kier alpha value is -4.04. The van der Waals surface area contributed by atoms with Gasteiger partial charge in [-0.15, -0.1) is 9.81 Å². The molecule has 0 aliphatic rings. The summed E-state index contributed by atoms with van der Waals surface area (Å²) in [6.45, 7) is 0. The Labute approximate surface area is 261 Å². The Morgan fingerprint density at radius 1 is 0.489 bits per heavy atom. The van der Waals surface area contributed by atoms with Crippen LogP contribution in [0.4, 0.5) is 11.4 Å². The van der Waals surface area contributed by atoms with Gasteiger partial charge >= 0.3 is 0 Å². The molecule has 45 heavy (non-hydrogen) atoms. The van der Waals surface area contributed by atoms with E-state index in [1.165, 1.54) is 0 Å². The standard InChI is InChI=1S/2C10H7NO9S2.Cu/c2*12-6-3-5(21(15,16)17)1-4-2-7(22(18,19)20)9(11-14)10(13)8(4)6;/h2*1-3,12-13H,(H,15,16,17)(H,18,19,20);/p-4. The van der Waals surface area contributed by atoms with Crippen LogP contribution >= 0.6 is 0 Å². The van der Waals surface area contributed by atoms with E-state index in [1.807, 2.05) is 0 Å². The summed E-state index contributed by atoms with van der Waals surface area (Å²) in [5, 5.41) is 41.4. The van der Waals surface area contributed by atoms with Gasteiger partial charge in [-0.25, -0.2) is 33.7 Å². The molecule has 0 aromatic heterocycles. The predicted molar refractivity (Wildman–Crippen MR) is 137 cm³/mol. The Morgan fingerprint density at radius 3 is 1.00 bits per heavy atom. The zero-order valence-corrected chi connectivity index (χ0v) is 25.0. The summed E-state index contributed by atoms with van der Waals surface area (Å²) in [6, 6.07) is 3.35. The zero-order valence-electron chi connectivity index (χ0n) is 20.8. The topological polar surface area (TPSA) is 369 Å². The van der Waals surface area contributed by atoms with Crippen molar-refractivity contribution in [3.05, 3.63) is 46.2 Å². The maximum absolute atomic E-state index is 11.1. The minimum absolute atomic E-state index is 0. The summed E-state index contributed by atoms with van der Waals surface area (Å²) in [6.07, 6.45) is 0. The molecule has 20 nitrogen and oxygen atoms in total. The molecular formula is C20H10CuN2O18S4-4. The molecule has 0 amide bonds. The van der Waals surface area contributed by atoms with Gasteiger partial charge in [-0.05, 0) is 57.5 Å². The van der Waals surface area contributed by atoms with Crippen molar-refractivity contribution in [2.45, 2.75) is 19.6 Å². The molecule has 0 atom stereocenters. The number of phenolic OH excluding ortho intramolecular Hbond substituents is 4. The second-order valence-corrected chi connectivity index (χ2v) is 13.7. The van der Waals surface area contributed by atoms with Crippen LogP contribution in [-0.2, 0) is 57.5 Å². The van der Waals surface area contributed by atoms with Gasteiger partial charge in [0.25, 0.3) is 0 Å². The van der Waals surface area contributed by atoms with Crippen LogP contribution < -0.4 is 0 Å². The Bertz CT molecular complexity index is 2190. The monoisotopic (exact) mass is 757 g/mol. The number of aromatic hydroxyl groups is 4. The van der Waals surface area contributed by atoms with Gasteiger partial charge < -0.3 is 38.6 Å². The van der Waals surface area contributed by atoms with E-state index in [1.54, 1.807) is 0 Å². The maximum Gasteiger partial charge on any atom is 0.167 e. The fraction of sp³-hybridized carbons (Fsp3) is 0. The molecule has 1 radical (unpaired) electrons. The van der Waals surface area contributed by atoms with E-state index in [2.05, 4.69) is 10.4 Å². The average Bonchev–Trinajstić information content (AvgIpc) is 2.86. The summed E-state index contributed by atoms with van der Waals surface area (Å²) in [5.41, 5.74) is -2.26. The summed E-state index contributed by atoms with van der Waals surface area (Å²) in [7, 11) is -20.5. The van der Waals surface area contributed by atoms with Crippen LogP contribution in [-0.4, -0.2) is 72.3 Å². The van der Waals surface area contributed by atoms with E-state index in [9.17, 15) is 82.1 Å². The number of hydrogen-bond acceptors (Lipinski definition) is 20. The molecule has 4 aromatic carbocycles. The fourth-order valence-electron chi connectivity index (χ4n) is 3.72. The van der Waals surface area contributed by atoms with Crippen LogP contribution in [0.3, 0.4) is 0 Å². The van der Waals surface area contributed by atoms with Crippen LogP contribution in [0, 0.1) is 9.81 Å². The maximum atomic E-state index is 11.1. The number of nitrogens with zero attached hydrogens (tertiary/aromatic N) is 2. The first-order chi connectivity index (χ1) is 19.9.